The maximum Gasteiger partial charge on any atom is 0.133 e. The molecular weight excluding hydrogens is 314 g/mol. The van der Waals surface area contributed by atoms with Crippen LogP contribution in [0.2, 0.25) is 0 Å². The maximum absolute atomic E-state index is 5.24. The first-order chi connectivity index (χ1) is 9.51. The maximum atomic E-state index is 5.24. The van der Waals surface area contributed by atoms with E-state index in [-0.39, 0.29) is 0 Å². The predicted molar refractivity (Wildman–Crippen MR) is 88.7 cm³/mol. The van der Waals surface area contributed by atoms with Gasteiger partial charge < -0.3 is 10.1 Å². The van der Waals surface area contributed by atoms with Crippen molar-refractivity contribution in [2.75, 3.05) is 12.4 Å². The average Bonchev–Trinajstić information content (AvgIpc) is 2.41. The molecule has 20 heavy (non-hydrogen) atoms. The smallest absolute Gasteiger partial charge is 0.133 e. The third-order valence-corrected chi connectivity index (χ3v) is 4.21. The molecule has 0 saturated carbocycles. The van der Waals surface area contributed by atoms with E-state index in [2.05, 4.69) is 54.2 Å². The van der Waals surface area contributed by atoms with Crippen molar-refractivity contribution in [3.63, 3.8) is 0 Å². The van der Waals surface area contributed by atoms with Gasteiger partial charge in [-0.3, -0.25) is 0 Å². The van der Waals surface area contributed by atoms with Crippen LogP contribution in [0.25, 0.3) is 0 Å². The summed E-state index contributed by atoms with van der Waals surface area (Å²) in [4.78, 5) is 0. The van der Waals surface area contributed by atoms with Crippen LogP contribution < -0.4 is 10.1 Å². The molecule has 0 aliphatic rings. The van der Waals surface area contributed by atoms with Gasteiger partial charge in [-0.1, -0.05) is 12.1 Å². The van der Waals surface area contributed by atoms with Gasteiger partial charge >= 0.3 is 0 Å². The van der Waals surface area contributed by atoms with Crippen LogP contribution in [0.5, 0.6) is 5.75 Å². The van der Waals surface area contributed by atoms with Crippen molar-refractivity contribution in [2.45, 2.75) is 27.3 Å². The minimum absolute atomic E-state index is 0.825. The molecular formula is C17H20BrNO. The summed E-state index contributed by atoms with van der Waals surface area (Å²) in [6, 6.07) is 10.5. The van der Waals surface area contributed by atoms with Crippen LogP contribution in [0.3, 0.4) is 0 Å². The van der Waals surface area contributed by atoms with Crippen molar-refractivity contribution in [1.82, 2.24) is 0 Å². The van der Waals surface area contributed by atoms with Crippen LogP contribution >= 0.6 is 15.9 Å². The molecule has 0 heterocycles. The Morgan fingerprint density at radius 3 is 2.35 bits per heavy atom. The highest BCUT2D eigenvalue weighted by molar-refractivity contribution is 9.10. The zero-order valence-electron chi connectivity index (χ0n) is 12.4. The number of benzene rings is 2. The lowest BCUT2D eigenvalue weighted by Crippen LogP contribution is -2.02. The molecule has 0 bridgehead atoms. The van der Waals surface area contributed by atoms with Crippen LogP contribution in [0.15, 0.2) is 34.8 Å². The summed E-state index contributed by atoms with van der Waals surface area (Å²) in [6.45, 7) is 7.29. The van der Waals surface area contributed by atoms with Gasteiger partial charge in [-0.05, 0) is 77.2 Å². The molecule has 0 atom stereocenters. The Hall–Kier alpha value is -1.48. The predicted octanol–water partition coefficient (Wildman–Crippen LogP) is 5.00. The number of hydrogen-bond donors (Lipinski definition) is 1. The molecule has 0 fully saturated rings. The lowest BCUT2D eigenvalue weighted by molar-refractivity contribution is 0.412. The molecule has 0 spiro atoms. The summed E-state index contributed by atoms with van der Waals surface area (Å²) in [5, 5.41) is 3.46. The van der Waals surface area contributed by atoms with Crippen LogP contribution in [0.1, 0.15) is 22.3 Å². The molecule has 0 aliphatic carbocycles. The molecule has 0 radical (unpaired) electrons. The Labute approximate surface area is 129 Å². The molecule has 2 aromatic rings. The van der Waals surface area contributed by atoms with Gasteiger partial charge in [0.15, 0.2) is 0 Å². The zero-order valence-corrected chi connectivity index (χ0v) is 14.0. The van der Waals surface area contributed by atoms with Gasteiger partial charge in [0, 0.05) is 12.2 Å². The topological polar surface area (TPSA) is 21.3 Å². The van der Waals surface area contributed by atoms with E-state index >= 15 is 0 Å². The number of rotatable bonds is 4. The van der Waals surface area contributed by atoms with Gasteiger partial charge in [-0.25, -0.2) is 0 Å². The molecule has 0 aliphatic heterocycles. The Balaban J connectivity index is 2.13. The van der Waals surface area contributed by atoms with Crippen molar-refractivity contribution in [2.24, 2.45) is 0 Å². The minimum atomic E-state index is 0.825. The van der Waals surface area contributed by atoms with Crippen molar-refractivity contribution < 1.29 is 4.74 Å². The summed E-state index contributed by atoms with van der Waals surface area (Å²) in [5.41, 5.74) is 6.42. The molecule has 2 rings (SSSR count). The summed E-state index contributed by atoms with van der Waals surface area (Å²) < 4.78 is 6.20. The van der Waals surface area contributed by atoms with Gasteiger partial charge in [0.2, 0.25) is 0 Å². The normalized spacial score (nSPS) is 10.4. The lowest BCUT2D eigenvalue weighted by Gasteiger charge is -2.13. The number of aryl methyl sites for hydroxylation is 3. The Bertz CT molecular complexity index is 623. The van der Waals surface area contributed by atoms with Crippen molar-refractivity contribution in [1.29, 1.82) is 0 Å². The Morgan fingerprint density at radius 2 is 1.70 bits per heavy atom. The Morgan fingerprint density at radius 1 is 1.00 bits per heavy atom. The number of halogens is 1. The number of methoxy groups -OCH3 is 1. The standard InChI is InChI=1S/C17H20BrNO/c1-11-7-13(3)14(8-12(11)2)10-19-15-5-6-17(20-4)16(18)9-15/h5-9,19H,10H2,1-4H3. The second kappa shape index (κ2) is 6.31. The quantitative estimate of drug-likeness (QED) is 0.850. The molecule has 1 N–H and O–H groups in total. The molecule has 2 aromatic carbocycles. The number of ether oxygens (including phenoxy) is 1. The number of hydrogen-bond acceptors (Lipinski definition) is 2. The van der Waals surface area contributed by atoms with Crippen molar-refractivity contribution >= 4 is 21.6 Å². The molecule has 0 aromatic heterocycles. The fourth-order valence-corrected chi connectivity index (χ4v) is 2.73. The summed E-state index contributed by atoms with van der Waals surface area (Å²) in [7, 11) is 1.67. The monoisotopic (exact) mass is 333 g/mol. The highest BCUT2D eigenvalue weighted by Crippen LogP contribution is 2.28. The first-order valence-corrected chi connectivity index (χ1v) is 7.44. The van der Waals surface area contributed by atoms with Gasteiger partial charge in [0.1, 0.15) is 5.75 Å². The van der Waals surface area contributed by atoms with E-state index in [4.69, 9.17) is 4.74 Å². The molecule has 0 unspecified atom stereocenters. The van der Waals surface area contributed by atoms with E-state index in [0.29, 0.717) is 0 Å². The lowest BCUT2D eigenvalue weighted by atomic mass is 10.0. The molecule has 2 nitrogen and oxygen atoms in total. The van der Waals surface area contributed by atoms with E-state index in [1.807, 2.05) is 18.2 Å². The third-order valence-electron chi connectivity index (χ3n) is 3.59. The van der Waals surface area contributed by atoms with Crippen LogP contribution in [0.4, 0.5) is 5.69 Å². The SMILES string of the molecule is COc1ccc(NCc2cc(C)c(C)cc2C)cc1Br. The average molecular weight is 334 g/mol. The number of anilines is 1. The first kappa shape index (κ1) is 14.9. The molecule has 0 amide bonds. The number of nitrogens with one attached hydrogen (secondary N) is 1. The second-order valence-electron chi connectivity index (χ2n) is 5.07. The van der Waals surface area contributed by atoms with E-state index in [1.54, 1.807) is 7.11 Å². The fourth-order valence-electron chi connectivity index (χ4n) is 2.18. The molecule has 106 valence electrons. The van der Waals surface area contributed by atoms with Gasteiger partial charge in [-0.2, -0.15) is 0 Å². The van der Waals surface area contributed by atoms with Crippen LogP contribution in [-0.2, 0) is 6.54 Å². The van der Waals surface area contributed by atoms with E-state index in [1.165, 1.54) is 22.3 Å². The van der Waals surface area contributed by atoms with Crippen molar-refractivity contribution in [3.05, 3.63) is 57.1 Å². The van der Waals surface area contributed by atoms with Gasteiger partial charge in [0.05, 0.1) is 11.6 Å². The van der Waals surface area contributed by atoms with Crippen molar-refractivity contribution in [3.8, 4) is 5.75 Å². The van der Waals surface area contributed by atoms with E-state index < -0.39 is 0 Å². The highest BCUT2D eigenvalue weighted by Gasteiger charge is 2.04. The molecule has 0 saturated heterocycles. The van der Waals surface area contributed by atoms with Crippen LogP contribution in [-0.4, -0.2) is 7.11 Å². The van der Waals surface area contributed by atoms with E-state index in [0.717, 1.165) is 22.5 Å². The third kappa shape index (κ3) is 3.34. The largest absolute Gasteiger partial charge is 0.496 e. The highest BCUT2D eigenvalue weighted by atomic mass is 79.9. The van der Waals surface area contributed by atoms with E-state index in [9.17, 15) is 0 Å². The Kier molecular flexibility index (Phi) is 4.71. The van der Waals surface area contributed by atoms with Gasteiger partial charge in [0.25, 0.3) is 0 Å². The zero-order chi connectivity index (χ0) is 14.7. The second-order valence-corrected chi connectivity index (χ2v) is 5.92. The molecule has 3 heteroatoms. The first-order valence-electron chi connectivity index (χ1n) is 6.65. The summed E-state index contributed by atoms with van der Waals surface area (Å²) >= 11 is 3.50. The minimum Gasteiger partial charge on any atom is -0.496 e. The fraction of sp³-hybridized carbons (Fsp3) is 0.294. The summed E-state index contributed by atoms with van der Waals surface area (Å²) in [5.74, 6) is 0.845. The van der Waals surface area contributed by atoms with Crippen LogP contribution in [0, 0.1) is 20.8 Å². The van der Waals surface area contributed by atoms with Gasteiger partial charge in [-0.15, -0.1) is 0 Å². The summed E-state index contributed by atoms with van der Waals surface area (Å²) in [6.07, 6.45) is 0.